The maximum Gasteiger partial charge on any atom is 0.104 e. The molecule has 210 valence electrons. The molecule has 4 aromatic heterocycles. The van der Waals surface area contributed by atoms with Crippen molar-refractivity contribution in [2.45, 2.75) is 0 Å². The van der Waals surface area contributed by atoms with Crippen molar-refractivity contribution >= 4 is 87.0 Å². The first-order valence-electron chi connectivity index (χ1n) is 15.4. The molecule has 0 N–H and O–H groups in total. The number of hydrogen-bond acceptors (Lipinski definition) is 3. The van der Waals surface area contributed by atoms with Gasteiger partial charge in [-0.2, -0.15) is 5.26 Å². The molecular formula is C41H21N5. The molecule has 11 aromatic rings. The maximum atomic E-state index is 11.0. The van der Waals surface area contributed by atoms with E-state index in [1.807, 2.05) is 12.4 Å². The van der Waals surface area contributed by atoms with Gasteiger partial charge < -0.3 is 9.13 Å². The van der Waals surface area contributed by atoms with E-state index in [1.165, 1.54) is 32.3 Å². The summed E-state index contributed by atoms with van der Waals surface area (Å²) in [6, 6.07) is 43.0. The predicted molar refractivity (Wildman–Crippen MR) is 188 cm³/mol. The number of nitrogens with zero attached hydrogens (tertiary/aromatic N) is 5. The van der Waals surface area contributed by atoms with Crippen LogP contribution in [-0.4, -0.2) is 19.1 Å². The van der Waals surface area contributed by atoms with E-state index in [2.05, 4.69) is 130 Å². The summed E-state index contributed by atoms with van der Waals surface area (Å²) in [4.78, 5) is 9.78. The standard InChI is InChI=1S/C41H21N5/c42-22-29-30(45-32-16-5-12-25-23-8-1-3-10-27(23)40-38(36(25)32)34(45)18-20-43-40)14-7-15-31(29)46-33-17-6-13-26-24-9-2-4-11-28(24)41-39(37(26)33)35(46)19-21-44-41/h1-21H. The van der Waals surface area contributed by atoms with E-state index in [9.17, 15) is 5.26 Å². The van der Waals surface area contributed by atoms with E-state index in [-0.39, 0.29) is 0 Å². The zero-order valence-electron chi connectivity index (χ0n) is 24.4. The van der Waals surface area contributed by atoms with Crippen LogP contribution in [0.4, 0.5) is 0 Å². The first-order chi connectivity index (χ1) is 22.8. The summed E-state index contributed by atoms with van der Waals surface area (Å²) in [5.41, 5.74) is 8.48. The number of aromatic nitrogens is 4. The minimum Gasteiger partial charge on any atom is -0.308 e. The molecule has 0 amide bonds. The van der Waals surface area contributed by atoms with Gasteiger partial charge in [-0.25, -0.2) is 0 Å². The second kappa shape index (κ2) is 8.35. The molecule has 0 bridgehead atoms. The van der Waals surface area contributed by atoms with E-state index in [1.54, 1.807) is 0 Å². The van der Waals surface area contributed by atoms with E-state index in [4.69, 9.17) is 9.97 Å². The topological polar surface area (TPSA) is 59.4 Å². The Hall–Kier alpha value is -6.51. The Bertz CT molecular complexity index is 2720. The minimum absolute atomic E-state index is 0.612. The highest BCUT2D eigenvalue weighted by molar-refractivity contribution is 6.34. The van der Waals surface area contributed by atoms with Gasteiger partial charge in [0.25, 0.3) is 0 Å². The third-order valence-electron chi connectivity index (χ3n) is 9.97. The summed E-state index contributed by atoms with van der Waals surface area (Å²) in [6.45, 7) is 0. The third-order valence-corrected chi connectivity index (χ3v) is 9.97. The molecule has 0 aliphatic heterocycles. The molecule has 0 unspecified atom stereocenters. The average molecular weight is 584 g/mol. The summed E-state index contributed by atoms with van der Waals surface area (Å²) in [7, 11) is 0. The second-order valence-electron chi connectivity index (χ2n) is 12.1. The number of pyridine rings is 2. The predicted octanol–water partition coefficient (Wildman–Crippen LogP) is 10.0. The summed E-state index contributed by atoms with van der Waals surface area (Å²) >= 11 is 0. The lowest BCUT2D eigenvalue weighted by atomic mass is 9.97. The zero-order valence-corrected chi connectivity index (χ0v) is 24.4. The van der Waals surface area contributed by atoms with Crippen molar-refractivity contribution in [3.05, 3.63) is 133 Å². The SMILES string of the molecule is N#Cc1c(-n2c3cccc4c5ccccc5c5nccc2c5c43)cccc1-n1c2cccc3c4ccccc4c4nccc1c4c32. The van der Waals surface area contributed by atoms with Crippen LogP contribution in [0.25, 0.3) is 98.3 Å². The monoisotopic (exact) mass is 583 g/mol. The number of fused-ring (bicyclic) bond motifs is 6. The van der Waals surface area contributed by atoms with Crippen LogP contribution < -0.4 is 0 Å². The summed E-state index contributed by atoms with van der Waals surface area (Å²) in [5.74, 6) is 0. The maximum absolute atomic E-state index is 11.0. The first kappa shape index (κ1) is 23.9. The number of benzene rings is 7. The van der Waals surface area contributed by atoms with Crippen molar-refractivity contribution in [1.82, 2.24) is 19.1 Å². The van der Waals surface area contributed by atoms with Gasteiger partial charge in [-0.3, -0.25) is 9.97 Å². The third kappa shape index (κ3) is 2.72. The van der Waals surface area contributed by atoms with E-state index < -0.39 is 0 Å². The highest BCUT2D eigenvalue weighted by Crippen LogP contribution is 2.45. The van der Waals surface area contributed by atoms with Gasteiger partial charge in [-0.15, -0.1) is 0 Å². The molecule has 0 aliphatic rings. The van der Waals surface area contributed by atoms with E-state index in [0.717, 1.165) is 66.0 Å². The smallest absolute Gasteiger partial charge is 0.104 e. The Morgan fingerprint density at radius 3 is 1.30 bits per heavy atom. The normalized spacial score (nSPS) is 12.3. The Morgan fingerprint density at radius 2 is 0.826 bits per heavy atom. The van der Waals surface area contributed by atoms with Crippen LogP contribution in [0.15, 0.2) is 128 Å². The van der Waals surface area contributed by atoms with Gasteiger partial charge in [0.2, 0.25) is 0 Å². The van der Waals surface area contributed by atoms with Gasteiger partial charge in [0.05, 0.1) is 44.5 Å². The molecule has 11 rings (SSSR count). The van der Waals surface area contributed by atoms with Crippen LogP contribution in [0.1, 0.15) is 5.56 Å². The largest absolute Gasteiger partial charge is 0.308 e. The lowest BCUT2D eigenvalue weighted by Gasteiger charge is -2.15. The van der Waals surface area contributed by atoms with Crippen LogP contribution in [0, 0.1) is 11.3 Å². The quantitative estimate of drug-likeness (QED) is 0.190. The fourth-order valence-electron chi connectivity index (χ4n) is 8.25. The molecule has 0 fully saturated rings. The van der Waals surface area contributed by atoms with Gasteiger partial charge in [0.1, 0.15) is 11.6 Å². The highest BCUT2D eigenvalue weighted by atomic mass is 15.0. The Morgan fingerprint density at radius 1 is 0.413 bits per heavy atom. The molecule has 0 spiro atoms. The van der Waals surface area contributed by atoms with Crippen LogP contribution in [-0.2, 0) is 0 Å². The molecule has 0 radical (unpaired) electrons. The summed E-state index contributed by atoms with van der Waals surface area (Å²) < 4.78 is 4.51. The number of hydrogen-bond donors (Lipinski definition) is 0. The van der Waals surface area contributed by atoms with E-state index in [0.29, 0.717) is 5.56 Å². The molecule has 0 saturated carbocycles. The van der Waals surface area contributed by atoms with Crippen molar-refractivity contribution in [3.8, 4) is 17.4 Å². The molecule has 0 aliphatic carbocycles. The Balaban J connectivity index is 1.30. The first-order valence-corrected chi connectivity index (χ1v) is 15.4. The molecule has 4 heterocycles. The molecule has 7 aromatic carbocycles. The number of nitriles is 1. The molecule has 0 atom stereocenters. The molecule has 5 nitrogen and oxygen atoms in total. The average Bonchev–Trinajstić information content (AvgIpc) is 3.64. The number of rotatable bonds is 2. The van der Waals surface area contributed by atoms with Gasteiger partial charge >= 0.3 is 0 Å². The van der Waals surface area contributed by atoms with Gasteiger partial charge in [0, 0.05) is 44.7 Å². The molecular weight excluding hydrogens is 562 g/mol. The van der Waals surface area contributed by atoms with Gasteiger partial charge in [-0.1, -0.05) is 78.9 Å². The molecule has 46 heavy (non-hydrogen) atoms. The Labute approximate surface area is 261 Å². The van der Waals surface area contributed by atoms with Crippen LogP contribution in [0.5, 0.6) is 0 Å². The lowest BCUT2D eigenvalue weighted by Crippen LogP contribution is -2.04. The van der Waals surface area contributed by atoms with Crippen LogP contribution >= 0.6 is 0 Å². The van der Waals surface area contributed by atoms with Crippen LogP contribution in [0.2, 0.25) is 0 Å². The second-order valence-corrected chi connectivity index (χ2v) is 12.1. The van der Waals surface area contributed by atoms with Crippen molar-refractivity contribution < 1.29 is 0 Å². The zero-order chi connectivity index (χ0) is 30.1. The lowest BCUT2D eigenvalue weighted by molar-refractivity contribution is 1.12. The molecule has 5 heteroatoms. The van der Waals surface area contributed by atoms with Crippen molar-refractivity contribution in [3.63, 3.8) is 0 Å². The Kier molecular flexibility index (Phi) is 4.34. The van der Waals surface area contributed by atoms with Gasteiger partial charge in [-0.05, 0) is 57.9 Å². The van der Waals surface area contributed by atoms with Crippen molar-refractivity contribution in [2.24, 2.45) is 0 Å². The van der Waals surface area contributed by atoms with Crippen molar-refractivity contribution in [2.75, 3.05) is 0 Å². The molecule has 0 saturated heterocycles. The van der Waals surface area contributed by atoms with E-state index >= 15 is 0 Å². The highest BCUT2D eigenvalue weighted by Gasteiger charge is 2.25. The summed E-state index contributed by atoms with van der Waals surface area (Å²) in [6.07, 6.45) is 3.78. The van der Waals surface area contributed by atoms with Gasteiger partial charge in [0.15, 0.2) is 0 Å². The van der Waals surface area contributed by atoms with Crippen LogP contribution in [0.3, 0.4) is 0 Å². The fourth-order valence-corrected chi connectivity index (χ4v) is 8.25. The van der Waals surface area contributed by atoms with Crippen molar-refractivity contribution in [1.29, 1.82) is 5.26 Å². The fraction of sp³-hybridized carbons (Fsp3) is 0. The minimum atomic E-state index is 0.612. The summed E-state index contributed by atoms with van der Waals surface area (Å²) in [5, 5.41) is 22.6.